The average molecular weight is 404 g/mol. The molecule has 0 aliphatic carbocycles. The highest BCUT2D eigenvalue weighted by Crippen LogP contribution is 2.28. The summed E-state index contributed by atoms with van der Waals surface area (Å²) in [6, 6.07) is 11.2. The molecule has 0 unspecified atom stereocenters. The number of hydrogen-bond acceptors (Lipinski definition) is 4. The number of nitrogens with one attached hydrogen (secondary N) is 1. The number of benzene rings is 2. The lowest BCUT2D eigenvalue weighted by molar-refractivity contribution is 0.0924. The predicted octanol–water partition coefficient (Wildman–Crippen LogP) is 4.45. The summed E-state index contributed by atoms with van der Waals surface area (Å²) >= 11 is 3.44. The van der Waals surface area contributed by atoms with Gasteiger partial charge in [-0.05, 0) is 42.8 Å². The molecule has 0 saturated heterocycles. The van der Waals surface area contributed by atoms with E-state index in [4.69, 9.17) is 13.9 Å². The van der Waals surface area contributed by atoms with Crippen molar-refractivity contribution in [2.24, 2.45) is 0 Å². The SMILES string of the molecule is COc1cc(CNC(=O)c2oc3ccc(Br)cc3c2C)cc(OC)c1. The normalized spacial score (nSPS) is 10.7. The molecule has 0 aliphatic rings. The fraction of sp³-hybridized carbons (Fsp3) is 0.211. The molecule has 0 spiro atoms. The first-order chi connectivity index (χ1) is 12.0. The summed E-state index contributed by atoms with van der Waals surface area (Å²) in [5, 5.41) is 3.80. The van der Waals surface area contributed by atoms with Gasteiger partial charge in [-0.3, -0.25) is 4.79 Å². The van der Waals surface area contributed by atoms with E-state index in [1.807, 2.05) is 37.3 Å². The van der Waals surface area contributed by atoms with Gasteiger partial charge in [0.05, 0.1) is 14.2 Å². The lowest BCUT2D eigenvalue weighted by Gasteiger charge is -2.09. The molecule has 0 fully saturated rings. The summed E-state index contributed by atoms with van der Waals surface area (Å²) < 4.78 is 17.1. The van der Waals surface area contributed by atoms with Crippen molar-refractivity contribution in [1.29, 1.82) is 0 Å². The summed E-state index contributed by atoms with van der Waals surface area (Å²) in [5.41, 5.74) is 2.38. The third kappa shape index (κ3) is 3.64. The number of carbonyl (C=O) groups excluding carboxylic acids is 1. The lowest BCUT2D eigenvalue weighted by Crippen LogP contribution is -2.23. The minimum atomic E-state index is -0.258. The van der Waals surface area contributed by atoms with Gasteiger partial charge in [-0.15, -0.1) is 0 Å². The van der Waals surface area contributed by atoms with E-state index in [2.05, 4.69) is 21.2 Å². The lowest BCUT2D eigenvalue weighted by atomic mass is 10.1. The van der Waals surface area contributed by atoms with Gasteiger partial charge in [0.2, 0.25) is 0 Å². The van der Waals surface area contributed by atoms with Crippen LogP contribution >= 0.6 is 15.9 Å². The number of hydrogen-bond donors (Lipinski definition) is 1. The summed E-state index contributed by atoms with van der Waals surface area (Å²) in [6.45, 7) is 2.22. The van der Waals surface area contributed by atoms with E-state index in [0.29, 0.717) is 29.4 Å². The molecule has 0 saturated carbocycles. The van der Waals surface area contributed by atoms with Crippen LogP contribution in [0.4, 0.5) is 0 Å². The maximum atomic E-state index is 12.5. The van der Waals surface area contributed by atoms with Crippen LogP contribution in [-0.4, -0.2) is 20.1 Å². The predicted molar refractivity (Wildman–Crippen MR) is 99.4 cm³/mol. The number of methoxy groups -OCH3 is 2. The van der Waals surface area contributed by atoms with Crippen LogP contribution in [0.3, 0.4) is 0 Å². The topological polar surface area (TPSA) is 60.7 Å². The van der Waals surface area contributed by atoms with Crippen molar-refractivity contribution >= 4 is 32.8 Å². The summed E-state index contributed by atoms with van der Waals surface area (Å²) in [6.07, 6.45) is 0. The zero-order valence-corrected chi connectivity index (χ0v) is 15.8. The molecule has 1 amide bonds. The second kappa shape index (κ2) is 7.19. The molecule has 0 aliphatic heterocycles. The molecular formula is C19H18BrNO4. The van der Waals surface area contributed by atoms with Crippen molar-refractivity contribution in [2.75, 3.05) is 14.2 Å². The molecule has 25 heavy (non-hydrogen) atoms. The van der Waals surface area contributed by atoms with Gasteiger partial charge in [-0.25, -0.2) is 0 Å². The third-order valence-electron chi connectivity index (χ3n) is 3.97. The fourth-order valence-electron chi connectivity index (χ4n) is 2.64. The van der Waals surface area contributed by atoms with Gasteiger partial charge < -0.3 is 19.2 Å². The Morgan fingerprint density at radius 1 is 1.12 bits per heavy atom. The summed E-state index contributed by atoms with van der Waals surface area (Å²) in [4.78, 5) is 12.5. The molecule has 0 radical (unpaired) electrons. The first-order valence-corrected chi connectivity index (χ1v) is 8.50. The van der Waals surface area contributed by atoms with Crippen LogP contribution in [0, 0.1) is 6.92 Å². The molecule has 0 atom stereocenters. The fourth-order valence-corrected chi connectivity index (χ4v) is 3.00. The second-order valence-corrected chi connectivity index (χ2v) is 6.52. The van der Waals surface area contributed by atoms with E-state index in [1.54, 1.807) is 20.3 Å². The van der Waals surface area contributed by atoms with Gasteiger partial charge >= 0.3 is 0 Å². The Morgan fingerprint density at radius 3 is 2.44 bits per heavy atom. The Morgan fingerprint density at radius 2 is 1.80 bits per heavy atom. The van der Waals surface area contributed by atoms with Crippen LogP contribution in [0.5, 0.6) is 11.5 Å². The van der Waals surface area contributed by atoms with Crippen LogP contribution in [0.15, 0.2) is 45.3 Å². The van der Waals surface area contributed by atoms with Crippen LogP contribution in [-0.2, 0) is 6.54 Å². The Balaban J connectivity index is 1.80. The number of halogens is 1. The summed E-state index contributed by atoms with van der Waals surface area (Å²) in [5.74, 6) is 1.41. The highest BCUT2D eigenvalue weighted by molar-refractivity contribution is 9.10. The Hall–Kier alpha value is -2.47. The number of aryl methyl sites for hydroxylation is 1. The van der Waals surface area contributed by atoms with Crippen molar-refractivity contribution in [3.8, 4) is 11.5 Å². The Kier molecular flexibility index (Phi) is 4.99. The van der Waals surface area contributed by atoms with E-state index in [9.17, 15) is 4.79 Å². The first kappa shape index (κ1) is 17.4. The summed E-state index contributed by atoms with van der Waals surface area (Å²) in [7, 11) is 3.18. The number of furan rings is 1. The van der Waals surface area contributed by atoms with E-state index < -0.39 is 0 Å². The van der Waals surface area contributed by atoms with Crippen molar-refractivity contribution in [3.63, 3.8) is 0 Å². The number of rotatable bonds is 5. The molecule has 1 N–H and O–H groups in total. The first-order valence-electron chi connectivity index (χ1n) is 7.70. The van der Waals surface area contributed by atoms with Gasteiger partial charge in [0, 0.05) is 28.0 Å². The van der Waals surface area contributed by atoms with E-state index in [0.717, 1.165) is 21.0 Å². The monoisotopic (exact) mass is 403 g/mol. The molecule has 0 bridgehead atoms. The van der Waals surface area contributed by atoms with E-state index in [1.165, 1.54) is 0 Å². The molecule has 2 aromatic carbocycles. The van der Waals surface area contributed by atoms with Crippen molar-refractivity contribution in [2.45, 2.75) is 13.5 Å². The zero-order chi connectivity index (χ0) is 18.0. The van der Waals surface area contributed by atoms with Crippen LogP contribution in [0.1, 0.15) is 21.7 Å². The molecule has 3 aromatic rings. The number of carbonyl (C=O) groups is 1. The highest BCUT2D eigenvalue weighted by atomic mass is 79.9. The largest absolute Gasteiger partial charge is 0.497 e. The van der Waals surface area contributed by atoms with Gasteiger partial charge in [0.1, 0.15) is 17.1 Å². The highest BCUT2D eigenvalue weighted by Gasteiger charge is 2.17. The average Bonchev–Trinajstić information content (AvgIpc) is 2.95. The quantitative estimate of drug-likeness (QED) is 0.683. The van der Waals surface area contributed by atoms with E-state index >= 15 is 0 Å². The molecule has 1 aromatic heterocycles. The number of amides is 1. The van der Waals surface area contributed by atoms with Crippen LogP contribution in [0.2, 0.25) is 0 Å². The van der Waals surface area contributed by atoms with Crippen molar-refractivity contribution in [3.05, 3.63) is 57.8 Å². The number of fused-ring (bicyclic) bond motifs is 1. The molecule has 5 nitrogen and oxygen atoms in total. The molecule has 1 heterocycles. The Bertz CT molecular complexity index is 910. The van der Waals surface area contributed by atoms with Gasteiger partial charge in [-0.2, -0.15) is 0 Å². The zero-order valence-electron chi connectivity index (χ0n) is 14.2. The second-order valence-electron chi connectivity index (χ2n) is 5.60. The van der Waals surface area contributed by atoms with Crippen LogP contribution in [0.25, 0.3) is 11.0 Å². The Labute approximate surface area is 154 Å². The van der Waals surface area contributed by atoms with Crippen LogP contribution < -0.4 is 14.8 Å². The van der Waals surface area contributed by atoms with Crippen molar-refractivity contribution < 1.29 is 18.7 Å². The van der Waals surface area contributed by atoms with E-state index in [-0.39, 0.29) is 5.91 Å². The smallest absolute Gasteiger partial charge is 0.287 e. The minimum Gasteiger partial charge on any atom is -0.497 e. The van der Waals surface area contributed by atoms with Gasteiger partial charge in [-0.1, -0.05) is 15.9 Å². The molecule has 130 valence electrons. The standard InChI is InChI=1S/C19H18BrNO4/c1-11-16-8-13(20)4-5-17(16)25-18(11)19(22)21-10-12-6-14(23-2)9-15(7-12)24-3/h4-9H,10H2,1-3H3,(H,21,22). The maximum absolute atomic E-state index is 12.5. The van der Waals surface area contributed by atoms with Crippen molar-refractivity contribution in [1.82, 2.24) is 5.32 Å². The maximum Gasteiger partial charge on any atom is 0.287 e. The third-order valence-corrected chi connectivity index (χ3v) is 4.46. The van der Waals surface area contributed by atoms with Gasteiger partial charge in [0.15, 0.2) is 5.76 Å². The van der Waals surface area contributed by atoms with Gasteiger partial charge in [0.25, 0.3) is 5.91 Å². The molecular weight excluding hydrogens is 386 g/mol. The number of ether oxygens (including phenoxy) is 2. The minimum absolute atomic E-state index is 0.258. The molecule has 3 rings (SSSR count). The molecule has 6 heteroatoms.